The Balaban J connectivity index is 2.93. The summed E-state index contributed by atoms with van der Waals surface area (Å²) in [4.78, 5) is 31.9. The van der Waals surface area contributed by atoms with Crippen LogP contribution in [0.2, 0.25) is 0 Å². The Labute approximate surface area is 103 Å². The van der Waals surface area contributed by atoms with Gasteiger partial charge >= 0.3 is 0 Å². The van der Waals surface area contributed by atoms with Crippen LogP contribution in [0.1, 0.15) is 23.7 Å². The third-order valence-electron chi connectivity index (χ3n) is 2.16. The number of nitrogens with zero attached hydrogens (tertiary/aromatic N) is 1. The number of ketones is 1. The number of rotatable bonds is 6. The van der Waals surface area contributed by atoms with Gasteiger partial charge in [0.25, 0.3) is 5.69 Å². The van der Waals surface area contributed by atoms with Crippen molar-refractivity contribution in [3.05, 3.63) is 33.9 Å². The number of non-ortho nitro benzene ring substituents is 1. The number of carbonyl (C=O) groups is 2. The molecular weight excluding hydrogens is 240 g/mol. The summed E-state index contributed by atoms with van der Waals surface area (Å²) in [5.41, 5.74) is 4.86. The number of nitro benzene ring substituents is 1. The first-order valence-electron chi connectivity index (χ1n) is 5.12. The lowest BCUT2D eigenvalue weighted by molar-refractivity contribution is -0.384. The normalized spacial score (nSPS) is 9.83. The van der Waals surface area contributed by atoms with Crippen LogP contribution >= 0.6 is 0 Å². The zero-order chi connectivity index (χ0) is 13.7. The molecule has 0 saturated carbocycles. The Morgan fingerprint density at radius 1 is 1.44 bits per heavy atom. The van der Waals surface area contributed by atoms with Gasteiger partial charge in [0, 0.05) is 12.1 Å². The minimum absolute atomic E-state index is 0.00827. The molecule has 1 aromatic carbocycles. The number of Topliss-reactive ketones (excluding diaryl/α,β-unsaturated/α-hetero) is 1. The molecule has 0 aromatic heterocycles. The second-order valence-electron chi connectivity index (χ2n) is 3.56. The highest BCUT2D eigenvalue weighted by Gasteiger charge is 2.15. The minimum atomic E-state index is -0.598. The van der Waals surface area contributed by atoms with Crippen LogP contribution in [0.15, 0.2) is 18.2 Å². The van der Waals surface area contributed by atoms with Gasteiger partial charge in [0.05, 0.1) is 23.5 Å². The topological polar surface area (TPSA) is 113 Å². The molecule has 0 aliphatic carbocycles. The zero-order valence-corrected chi connectivity index (χ0v) is 9.71. The smallest absolute Gasteiger partial charge is 0.270 e. The highest BCUT2D eigenvalue weighted by Crippen LogP contribution is 2.24. The number of nitro groups is 1. The summed E-state index contributed by atoms with van der Waals surface area (Å²) in [6.45, 7) is 1.30. The molecule has 0 aliphatic rings. The summed E-state index contributed by atoms with van der Waals surface area (Å²) < 4.78 is 5.20. The molecular formula is C11H12N2O5. The van der Waals surface area contributed by atoms with Gasteiger partial charge in [-0.25, -0.2) is 0 Å². The molecule has 0 aliphatic heterocycles. The Morgan fingerprint density at radius 3 is 2.61 bits per heavy atom. The Bertz CT molecular complexity index is 498. The van der Waals surface area contributed by atoms with Crippen LogP contribution in [0.3, 0.4) is 0 Å². The van der Waals surface area contributed by atoms with Gasteiger partial charge in [-0.3, -0.25) is 19.7 Å². The minimum Gasteiger partial charge on any atom is -0.492 e. The maximum atomic E-state index is 11.3. The summed E-state index contributed by atoms with van der Waals surface area (Å²) in [7, 11) is 0. The molecule has 18 heavy (non-hydrogen) atoms. The van der Waals surface area contributed by atoms with Crippen LogP contribution in [0.4, 0.5) is 5.69 Å². The molecule has 96 valence electrons. The molecule has 1 aromatic rings. The van der Waals surface area contributed by atoms with E-state index in [1.165, 1.54) is 19.1 Å². The number of carbonyl (C=O) groups excluding carboxylic acids is 2. The van der Waals surface area contributed by atoms with E-state index in [0.29, 0.717) is 0 Å². The van der Waals surface area contributed by atoms with Crippen molar-refractivity contribution >= 4 is 17.4 Å². The van der Waals surface area contributed by atoms with E-state index >= 15 is 0 Å². The molecule has 1 amide bonds. The number of ether oxygens (including phenoxy) is 1. The van der Waals surface area contributed by atoms with Crippen molar-refractivity contribution in [2.45, 2.75) is 13.3 Å². The Kier molecular flexibility index (Phi) is 4.36. The molecule has 0 heterocycles. The van der Waals surface area contributed by atoms with E-state index in [1.54, 1.807) is 0 Å². The Hall–Kier alpha value is -2.44. The SMILES string of the molecule is CC(=O)c1cc([N+](=O)[O-])ccc1OCCC(N)=O. The lowest BCUT2D eigenvalue weighted by atomic mass is 10.1. The fourth-order valence-corrected chi connectivity index (χ4v) is 1.29. The van der Waals surface area contributed by atoms with Gasteiger partial charge in [0.1, 0.15) is 5.75 Å². The van der Waals surface area contributed by atoms with Gasteiger partial charge in [-0.2, -0.15) is 0 Å². The maximum Gasteiger partial charge on any atom is 0.270 e. The number of nitrogens with two attached hydrogens (primary N) is 1. The summed E-state index contributed by atoms with van der Waals surface area (Å²) in [6.07, 6.45) is 0.00827. The van der Waals surface area contributed by atoms with Gasteiger partial charge in [-0.05, 0) is 13.0 Å². The zero-order valence-electron chi connectivity index (χ0n) is 9.71. The molecule has 0 atom stereocenters. The van der Waals surface area contributed by atoms with Gasteiger partial charge in [0.2, 0.25) is 5.91 Å². The monoisotopic (exact) mass is 252 g/mol. The third kappa shape index (κ3) is 3.55. The molecule has 0 bridgehead atoms. The molecule has 0 spiro atoms. The lowest BCUT2D eigenvalue weighted by Gasteiger charge is -2.08. The van der Waals surface area contributed by atoms with Crippen molar-refractivity contribution in [1.82, 2.24) is 0 Å². The van der Waals surface area contributed by atoms with E-state index in [1.807, 2.05) is 0 Å². The summed E-state index contributed by atoms with van der Waals surface area (Å²) in [5, 5.41) is 10.6. The fraction of sp³-hybridized carbons (Fsp3) is 0.273. The first-order valence-corrected chi connectivity index (χ1v) is 5.12. The van der Waals surface area contributed by atoms with Crippen molar-refractivity contribution in [1.29, 1.82) is 0 Å². The highest BCUT2D eigenvalue weighted by molar-refractivity contribution is 5.97. The second-order valence-corrected chi connectivity index (χ2v) is 3.56. The van der Waals surface area contributed by atoms with Crippen LogP contribution in [0, 0.1) is 10.1 Å². The first-order chi connectivity index (χ1) is 8.41. The van der Waals surface area contributed by atoms with Gasteiger partial charge < -0.3 is 10.5 Å². The molecule has 0 radical (unpaired) electrons. The summed E-state index contributed by atoms with van der Waals surface area (Å²) in [6, 6.07) is 3.70. The van der Waals surface area contributed by atoms with Crippen molar-refractivity contribution in [2.75, 3.05) is 6.61 Å². The van der Waals surface area contributed by atoms with Gasteiger partial charge in [-0.1, -0.05) is 0 Å². The van der Waals surface area contributed by atoms with Gasteiger partial charge in [-0.15, -0.1) is 0 Å². The van der Waals surface area contributed by atoms with Crippen LogP contribution < -0.4 is 10.5 Å². The molecule has 1 rings (SSSR count). The summed E-state index contributed by atoms with van der Waals surface area (Å²) >= 11 is 0. The predicted molar refractivity (Wildman–Crippen MR) is 62.4 cm³/mol. The Morgan fingerprint density at radius 2 is 2.11 bits per heavy atom. The summed E-state index contributed by atoms with van der Waals surface area (Å²) in [5.74, 6) is -0.677. The maximum absolute atomic E-state index is 11.3. The molecule has 0 fully saturated rings. The number of benzene rings is 1. The predicted octanol–water partition coefficient (Wildman–Crippen LogP) is 1.05. The average Bonchev–Trinajstić information content (AvgIpc) is 2.28. The first kappa shape index (κ1) is 13.6. The molecule has 0 unspecified atom stereocenters. The largest absolute Gasteiger partial charge is 0.492 e. The number of amides is 1. The molecule has 0 saturated heterocycles. The van der Waals surface area contributed by atoms with Crippen LogP contribution in [-0.2, 0) is 4.79 Å². The lowest BCUT2D eigenvalue weighted by Crippen LogP contribution is -2.15. The van der Waals surface area contributed by atoms with Crippen molar-refractivity contribution in [3.8, 4) is 5.75 Å². The van der Waals surface area contributed by atoms with Crippen LogP contribution in [0.5, 0.6) is 5.75 Å². The van der Waals surface area contributed by atoms with E-state index in [4.69, 9.17) is 10.5 Å². The van der Waals surface area contributed by atoms with Crippen LogP contribution in [-0.4, -0.2) is 23.2 Å². The highest BCUT2D eigenvalue weighted by atomic mass is 16.6. The van der Waals surface area contributed by atoms with Crippen molar-refractivity contribution < 1.29 is 19.2 Å². The van der Waals surface area contributed by atoms with Crippen molar-refractivity contribution in [3.63, 3.8) is 0 Å². The number of hydrogen-bond donors (Lipinski definition) is 1. The van der Waals surface area contributed by atoms with Crippen molar-refractivity contribution in [2.24, 2.45) is 5.73 Å². The van der Waals surface area contributed by atoms with Crippen LogP contribution in [0.25, 0.3) is 0 Å². The van der Waals surface area contributed by atoms with E-state index in [2.05, 4.69) is 0 Å². The van der Waals surface area contributed by atoms with E-state index in [0.717, 1.165) is 6.07 Å². The second kappa shape index (κ2) is 5.76. The standard InChI is InChI=1S/C11H12N2O5/c1-7(14)9-6-8(13(16)17)2-3-10(9)18-5-4-11(12)15/h2-3,6H,4-5H2,1H3,(H2,12,15). The number of primary amides is 1. The fourth-order valence-electron chi connectivity index (χ4n) is 1.29. The number of hydrogen-bond acceptors (Lipinski definition) is 5. The van der Waals surface area contributed by atoms with Gasteiger partial charge in [0.15, 0.2) is 5.78 Å². The molecule has 2 N–H and O–H groups in total. The third-order valence-corrected chi connectivity index (χ3v) is 2.16. The van der Waals surface area contributed by atoms with E-state index in [9.17, 15) is 19.7 Å². The molecule has 7 heteroatoms. The quantitative estimate of drug-likeness (QED) is 0.462. The average molecular weight is 252 g/mol. The molecule has 7 nitrogen and oxygen atoms in total. The van der Waals surface area contributed by atoms with E-state index < -0.39 is 10.8 Å². The van der Waals surface area contributed by atoms with E-state index in [-0.39, 0.29) is 35.8 Å².